The molecule has 0 N–H and O–H groups in total. The summed E-state index contributed by atoms with van der Waals surface area (Å²) in [5.74, 6) is 1.91. The summed E-state index contributed by atoms with van der Waals surface area (Å²) in [5, 5.41) is 0. The number of hydrogen-bond donors (Lipinski definition) is 0. The molecule has 6 rings (SSSR count). The molecule has 2 aliphatic heterocycles. The number of rotatable bonds is 0. The lowest BCUT2D eigenvalue weighted by Crippen LogP contribution is -2.58. The van der Waals surface area contributed by atoms with Gasteiger partial charge in [-0.15, -0.1) is 0 Å². The van der Waals surface area contributed by atoms with Gasteiger partial charge in [0.1, 0.15) is 5.60 Å². The highest BCUT2D eigenvalue weighted by Gasteiger charge is 2.77. The minimum Gasteiger partial charge on any atom is -0.359 e. The Balaban J connectivity index is 1.70. The largest absolute Gasteiger partial charge is 0.359 e. The van der Waals surface area contributed by atoms with E-state index in [1.54, 1.807) is 6.08 Å². The maximum Gasteiger partial charge on any atom is 0.178 e. The van der Waals surface area contributed by atoms with E-state index in [1.807, 2.05) is 6.08 Å². The average molecular weight is 326 g/mol. The molecular formula is C22H30O2. The van der Waals surface area contributed by atoms with Crippen LogP contribution in [0.2, 0.25) is 0 Å². The van der Waals surface area contributed by atoms with Crippen molar-refractivity contribution >= 4 is 5.78 Å². The summed E-state index contributed by atoms with van der Waals surface area (Å²) in [6.45, 7) is 9.89. The molecule has 2 heterocycles. The first-order chi connectivity index (χ1) is 11.2. The lowest BCUT2D eigenvalue weighted by molar-refractivity contribution is -0.237. The van der Waals surface area contributed by atoms with Gasteiger partial charge in [-0.1, -0.05) is 34.1 Å². The van der Waals surface area contributed by atoms with Crippen molar-refractivity contribution in [2.24, 2.45) is 28.6 Å². The van der Waals surface area contributed by atoms with Crippen molar-refractivity contribution in [2.75, 3.05) is 0 Å². The van der Waals surface area contributed by atoms with Gasteiger partial charge in [-0.05, 0) is 72.2 Å². The van der Waals surface area contributed by atoms with Crippen molar-refractivity contribution < 1.29 is 9.53 Å². The van der Waals surface area contributed by atoms with Crippen LogP contribution in [0.15, 0.2) is 23.8 Å². The minimum atomic E-state index is -0.237. The standard InChI is InChI=1S/C22H30O2/c1-14-6-7-17-19(2,3)9-5-10-20(17,4)18-16-12-15(23)8-11-21(16)13-22(14,18)24-21/h8,11-12,14,17-18H,5-7,9-10,13H2,1-4H3/t14-,17+,18-,20+,21-,22-/m1/s1. The molecule has 2 heteroatoms. The third-order valence-electron chi connectivity index (χ3n) is 8.67. The van der Waals surface area contributed by atoms with Gasteiger partial charge in [0.15, 0.2) is 5.78 Å². The zero-order chi connectivity index (χ0) is 17.0. The van der Waals surface area contributed by atoms with Crippen molar-refractivity contribution in [1.29, 1.82) is 0 Å². The van der Waals surface area contributed by atoms with E-state index in [0.717, 1.165) is 12.3 Å². The maximum absolute atomic E-state index is 12.2. The molecule has 0 unspecified atom stereocenters. The molecule has 6 atom stereocenters. The summed E-state index contributed by atoms with van der Waals surface area (Å²) >= 11 is 0. The number of carbonyl (C=O) groups excluding carboxylic acids is 1. The van der Waals surface area contributed by atoms with Crippen LogP contribution >= 0.6 is 0 Å². The van der Waals surface area contributed by atoms with Gasteiger partial charge in [-0.25, -0.2) is 0 Å². The highest BCUT2D eigenvalue weighted by Crippen LogP contribution is 2.75. The number of ether oxygens (including phenoxy) is 1. The van der Waals surface area contributed by atoms with Crippen LogP contribution in [0.1, 0.15) is 66.2 Å². The fraction of sp³-hybridized carbons (Fsp3) is 0.773. The fourth-order valence-corrected chi connectivity index (χ4v) is 7.75. The normalized spacial score (nSPS) is 54.1. The van der Waals surface area contributed by atoms with Crippen LogP contribution in [0, 0.1) is 28.6 Å². The van der Waals surface area contributed by atoms with Crippen LogP contribution in [0.25, 0.3) is 0 Å². The van der Waals surface area contributed by atoms with Crippen LogP contribution in [-0.2, 0) is 9.53 Å². The van der Waals surface area contributed by atoms with E-state index in [9.17, 15) is 4.79 Å². The summed E-state index contributed by atoms with van der Waals surface area (Å²) in [5.41, 5.74) is 1.74. The second kappa shape index (κ2) is 4.26. The molecule has 24 heavy (non-hydrogen) atoms. The third-order valence-corrected chi connectivity index (χ3v) is 8.67. The van der Waals surface area contributed by atoms with Crippen LogP contribution in [0.3, 0.4) is 0 Å². The molecule has 2 nitrogen and oxygen atoms in total. The van der Waals surface area contributed by atoms with Gasteiger partial charge < -0.3 is 4.74 Å². The van der Waals surface area contributed by atoms with Crippen molar-refractivity contribution in [3.05, 3.63) is 23.8 Å². The van der Waals surface area contributed by atoms with E-state index in [4.69, 9.17) is 4.74 Å². The molecule has 5 fully saturated rings. The smallest absolute Gasteiger partial charge is 0.178 e. The molecule has 2 spiro atoms. The Morgan fingerprint density at radius 2 is 1.92 bits per heavy atom. The Hall–Kier alpha value is -0.890. The van der Waals surface area contributed by atoms with E-state index >= 15 is 0 Å². The summed E-state index contributed by atoms with van der Waals surface area (Å²) < 4.78 is 6.75. The van der Waals surface area contributed by atoms with Gasteiger partial charge in [0.2, 0.25) is 0 Å². The second-order valence-electron chi connectivity index (χ2n) is 10.3. The zero-order valence-corrected chi connectivity index (χ0v) is 15.5. The molecule has 0 aromatic rings. The number of hydrogen-bond acceptors (Lipinski definition) is 2. The monoisotopic (exact) mass is 326 g/mol. The first kappa shape index (κ1) is 15.4. The Kier molecular flexibility index (Phi) is 2.73. The van der Waals surface area contributed by atoms with Gasteiger partial charge in [0, 0.05) is 12.3 Å². The summed E-state index contributed by atoms with van der Waals surface area (Å²) in [4.78, 5) is 12.2. The van der Waals surface area contributed by atoms with E-state index in [0.29, 0.717) is 17.3 Å². The lowest BCUT2D eigenvalue weighted by atomic mass is 9.50. The molecule has 4 aliphatic carbocycles. The number of allylic oxidation sites excluding steroid dienone is 2. The Labute approximate surface area is 145 Å². The highest BCUT2D eigenvalue weighted by molar-refractivity contribution is 6.02. The summed E-state index contributed by atoms with van der Waals surface area (Å²) in [6.07, 6.45) is 13.4. The van der Waals surface area contributed by atoms with Crippen molar-refractivity contribution in [3.63, 3.8) is 0 Å². The third kappa shape index (κ3) is 1.55. The summed E-state index contributed by atoms with van der Waals surface area (Å²) in [6, 6.07) is 0. The maximum atomic E-state index is 12.2. The molecule has 3 saturated carbocycles. The molecule has 130 valence electrons. The molecule has 6 aliphatic rings. The van der Waals surface area contributed by atoms with E-state index in [1.165, 1.54) is 37.7 Å². The first-order valence-corrected chi connectivity index (χ1v) is 9.89. The lowest BCUT2D eigenvalue weighted by Gasteiger charge is -2.56. The molecule has 2 bridgehead atoms. The Bertz CT molecular complexity index is 676. The van der Waals surface area contributed by atoms with Gasteiger partial charge in [0.25, 0.3) is 0 Å². The molecule has 0 aromatic carbocycles. The highest BCUT2D eigenvalue weighted by atomic mass is 16.6. The van der Waals surface area contributed by atoms with Gasteiger partial charge in [-0.3, -0.25) is 4.79 Å². The average Bonchev–Trinajstić information content (AvgIpc) is 2.87. The van der Waals surface area contributed by atoms with E-state index < -0.39 is 0 Å². The number of fused-ring (bicyclic) bond motifs is 1. The Morgan fingerprint density at radius 1 is 1.17 bits per heavy atom. The predicted octanol–water partition coefficient (Wildman–Crippen LogP) is 4.84. The van der Waals surface area contributed by atoms with E-state index in [-0.39, 0.29) is 22.4 Å². The Morgan fingerprint density at radius 3 is 2.67 bits per heavy atom. The molecular weight excluding hydrogens is 296 g/mol. The topological polar surface area (TPSA) is 26.3 Å². The van der Waals surface area contributed by atoms with Gasteiger partial charge in [0.05, 0.1) is 5.60 Å². The summed E-state index contributed by atoms with van der Waals surface area (Å²) in [7, 11) is 0. The van der Waals surface area contributed by atoms with Crippen LogP contribution < -0.4 is 0 Å². The van der Waals surface area contributed by atoms with Crippen molar-refractivity contribution in [2.45, 2.75) is 77.4 Å². The van der Waals surface area contributed by atoms with Gasteiger partial charge >= 0.3 is 0 Å². The molecule has 2 saturated heterocycles. The van der Waals surface area contributed by atoms with Crippen LogP contribution in [0.5, 0.6) is 0 Å². The van der Waals surface area contributed by atoms with Crippen LogP contribution in [-0.4, -0.2) is 17.0 Å². The first-order valence-electron chi connectivity index (χ1n) is 9.89. The SMILES string of the molecule is C[C@@H]1CC[C@H]2C(C)(C)CCC[C@]2(C)[C@H]2C3=CC(=O)C=C[C@@]34C[C@@]12O4. The van der Waals surface area contributed by atoms with Crippen LogP contribution in [0.4, 0.5) is 0 Å². The quantitative estimate of drug-likeness (QED) is 0.636. The predicted molar refractivity (Wildman–Crippen MR) is 94.5 cm³/mol. The number of ketones is 1. The molecule has 0 radical (unpaired) electrons. The van der Waals surface area contributed by atoms with Crippen molar-refractivity contribution in [1.82, 2.24) is 0 Å². The molecule has 0 aromatic heterocycles. The van der Waals surface area contributed by atoms with Crippen molar-refractivity contribution in [3.8, 4) is 0 Å². The minimum absolute atomic E-state index is 0.0162. The number of carbonyl (C=O) groups is 1. The zero-order valence-electron chi connectivity index (χ0n) is 15.5. The fourth-order valence-electron chi connectivity index (χ4n) is 7.75. The van der Waals surface area contributed by atoms with Gasteiger partial charge in [-0.2, -0.15) is 0 Å². The second-order valence-corrected chi connectivity index (χ2v) is 10.3. The van der Waals surface area contributed by atoms with E-state index in [2.05, 4.69) is 33.8 Å². The molecule has 0 amide bonds.